The summed E-state index contributed by atoms with van der Waals surface area (Å²) >= 11 is 0. The van der Waals surface area contributed by atoms with Gasteiger partial charge in [-0.2, -0.15) is 5.10 Å². The van der Waals surface area contributed by atoms with Crippen molar-refractivity contribution in [2.45, 2.75) is 6.04 Å². The molecule has 0 spiro atoms. The van der Waals surface area contributed by atoms with E-state index in [1.54, 1.807) is 24.7 Å². The van der Waals surface area contributed by atoms with Crippen LogP contribution in [0.2, 0.25) is 0 Å². The highest BCUT2D eigenvalue weighted by molar-refractivity contribution is 5.99. The van der Waals surface area contributed by atoms with Crippen LogP contribution < -0.4 is 5.32 Å². The Balaban J connectivity index is 1.89. The van der Waals surface area contributed by atoms with E-state index in [1.165, 1.54) is 0 Å². The van der Waals surface area contributed by atoms with Crippen molar-refractivity contribution in [1.29, 1.82) is 0 Å². The van der Waals surface area contributed by atoms with Gasteiger partial charge in [-0.25, -0.2) is 0 Å². The van der Waals surface area contributed by atoms with E-state index in [9.17, 15) is 4.79 Å². The quantitative estimate of drug-likeness (QED) is 0.742. The van der Waals surface area contributed by atoms with Gasteiger partial charge in [0.05, 0.1) is 12.3 Å². The molecule has 0 unspecified atom stereocenters. The number of carbonyl (C=O) groups is 1. The van der Waals surface area contributed by atoms with E-state index in [2.05, 4.69) is 20.5 Å². The van der Waals surface area contributed by atoms with Crippen molar-refractivity contribution in [2.24, 2.45) is 0 Å². The summed E-state index contributed by atoms with van der Waals surface area (Å²) in [4.78, 5) is 16.1. The molecule has 0 fully saturated rings. The average molecular weight is 266 g/mol. The van der Waals surface area contributed by atoms with Gasteiger partial charge < -0.3 is 9.73 Å². The molecule has 0 aliphatic carbocycles. The minimum Gasteiger partial charge on any atom is -0.463 e. The van der Waals surface area contributed by atoms with Crippen LogP contribution in [-0.2, 0) is 0 Å². The number of hydrogen-bond donors (Lipinski definition) is 2. The fourth-order valence-corrected chi connectivity index (χ4v) is 2.48. The lowest BCUT2D eigenvalue weighted by Crippen LogP contribution is -2.21. The maximum Gasteiger partial charge on any atom is 0.272 e. The average Bonchev–Trinajstić information content (AvgIpc) is 3.17. The van der Waals surface area contributed by atoms with Gasteiger partial charge in [-0.3, -0.25) is 14.9 Å². The second-order valence-corrected chi connectivity index (χ2v) is 4.53. The summed E-state index contributed by atoms with van der Waals surface area (Å²) in [6.45, 7) is 0. The van der Waals surface area contributed by atoms with Gasteiger partial charge in [0, 0.05) is 18.0 Å². The van der Waals surface area contributed by atoms with E-state index < -0.39 is 0 Å². The van der Waals surface area contributed by atoms with E-state index >= 15 is 0 Å². The molecule has 6 nitrogen and oxygen atoms in total. The summed E-state index contributed by atoms with van der Waals surface area (Å²) in [6, 6.07) is 7.13. The molecule has 6 heteroatoms. The van der Waals surface area contributed by atoms with E-state index in [4.69, 9.17) is 4.42 Å². The van der Waals surface area contributed by atoms with Crippen molar-refractivity contribution in [1.82, 2.24) is 20.5 Å². The Kier molecular flexibility index (Phi) is 2.23. The molecular weight excluding hydrogens is 256 g/mol. The maximum atomic E-state index is 12.0. The van der Waals surface area contributed by atoms with Gasteiger partial charge in [0.2, 0.25) is 0 Å². The zero-order valence-electron chi connectivity index (χ0n) is 10.3. The highest BCUT2D eigenvalue weighted by Gasteiger charge is 2.36. The van der Waals surface area contributed by atoms with Crippen molar-refractivity contribution in [3.63, 3.8) is 0 Å². The number of rotatable bonds is 2. The second kappa shape index (κ2) is 4.06. The first-order chi connectivity index (χ1) is 9.84. The molecule has 0 bridgehead atoms. The first kappa shape index (κ1) is 11.0. The monoisotopic (exact) mass is 266 g/mol. The Morgan fingerprint density at radius 3 is 2.95 bits per heavy atom. The van der Waals surface area contributed by atoms with Gasteiger partial charge in [-0.1, -0.05) is 6.07 Å². The highest BCUT2D eigenvalue weighted by atomic mass is 16.3. The summed E-state index contributed by atoms with van der Waals surface area (Å²) in [6.07, 6.45) is 5.02. The second-order valence-electron chi connectivity index (χ2n) is 4.53. The summed E-state index contributed by atoms with van der Waals surface area (Å²) in [5.41, 5.74) is 2.84. The number of hydrogen-bond acceptors (Lipinski definition) is 4. The summed E-state index contributed by atoms with van der Waals surface area (Å²) in [5.74, 6) is 0.465. The number of H-pyrrole nitrogens is 1. The summed E-state index contributed by atoms with van der Waals surface area (Å²) < 4.78 is 5.40. The summed E-state index contributed by atoms with van der Waals surface area (Å²) in [5, 5.41) is 9.89. The molecule has 1 amide bonds. The molecule has 0 saturated heterocycles. The van der Waals surface area contributed by atoms with Crippen LogP contribution in [0.15, 0.2) is 47.3 Å². The number of amides is 1. The van der Waals surface area contributed by atoms with Crippen molar-refractivity contribution >= 4 is 5.91 Å². The van der Waals surface area contributed by atoms with Crippen molar-refractivity contribution in [2.75, 3.05) is 0 Å². The maximum absolute atomic E-state index is 12.0. The van der Waals surface area contributed by atoms with Crippen LogP contribution in [0.4, 0.5) is 0 Å². The zero-order chi connectivity index (χ0) is 13.5. The van der Waals surface area contributed by atoms with Gasteiger partial charge in [0.25, 0.3) is 5.91 Å². The van der Waals surface area contributed by atoms with E-state index in [1.807, 2.05) is 18.2 Å². The molecule has 3 aromatic heterocycles. The smallest absolute Gasteiger partial charge is 0.272 e. The molecule has 20 heavy (non-hydrogen) atoms. The van der Waals surface area contributed by atoms with Crippen molar-refractivity contribution in [3.05, 3.63) is 59.7 Å². The van der Waals surface area contributed by atoms with Crippen LogP contribution in [0.3, 0.4) is 0 Å². The van der Waals surface area contributed by atoms with Crippen LogP contribution in [0.1, 0.15) is 27.7 Å². The predicted octanol–water partition coefficient (Wildman–Crippen LogP) is 1.90. The lowest BCUT2D eigenvalue weighted by atomic mass is 10.0. The van der Waals surface area contributed by atoms with Gasteiger partial charge in [-0.05, 0) is 23.8 Å². The van der Waals surface area contributed by atoms with E-state index in [0.717, 1.165) is 16.8 Å². The molecule has 4 heterocycles. The largest absolute Gasteiger partial charge is 0.463 e. The number of fused-ring (bicyclic) bond motifs is 1. The zero-order valence-corrected chi connectivity index (χ0v) is 10.3. The normalized spacial score (nSPS) is 17.0. The molecule has 1 aliphatic rings. The predicted molar refractivity (Wildman–Crippen MR) is 69.8 cm³/mol. The van der Waals surface area contributed by atoms with Crippen LogP contribution in [0.5, 0.6) is 0 Å². The Morgan fingerprint density at radius 2 is 2.20 bits per heavy atom. The Bertz CT molecular complexity index is 762. The van der Waals surface area contributed by atoms with Gasteiger partial charge in [0.1, 0.15) is 5.69 Å². The molecule has 1 aliphatic heterocycles. The van der Waals surface area contributed by atoms with E-state index in [-0.39, 0.29) is 11.9 Å². The minimum atomic E-state index is -0.259. The number of nitrogens with one attached hydrogen (secondary N) is 2. The van der Waals surface area contributed by atoms with Crippen molar-refractivity contribution < 1.29 is 9.21 Å². The highest BCUT2D eigenvalue weighted by Crippen LogP contribution is 2.36. The van der Waals surface area contributed by atoms with Crippen LogP contribution in [0, 0.1) is 0 Å². The molecule has 0 saturated carbocycles. The lowest BCUT2D eigenvalue weighted by Gasteiger charge is -2.11. The number of aromatic amines is 1. The Morgan fingerprint density at radius 1 is 1.25 bits per heavy atom. The van der Waals surface area contributed by atoms with Gasteiger partial charge in [0.15, 0.2) is 11.5 Å². The minimum absolute atomic E-state index is 0.192. The number of nitrogens with zero attached hydrogens (tertiary/aromatic N) is 2. The molecule has 1 atom stereocenters. The van der Waals surface area contributed by atoms with Crippen LogP contribution >= 0.6 is 0 Å². The molecular formula is C14H10N4O2. The fourth-order valence-electron chi connectivity index (χ4n) is 2.48. The number of furan rings is 1. The molecule has 4 rings (SSSR count). The molecule has 0 aromatic carbocycles. The van der Waals surface area contributed by atoms with Crippen LogP contribution in [-0.4, -0.2) is 21.1 Å². The number of pyridine rings is 1. The third-order valence-corrected chi connectivity index (χ3v) is 3.37. The number of carbonyl (C=O) groups excluding carboxylic acids is 1. The lowest BCUT2D eigenvalue weighted by molar-refractivity contribution is 0.0955. The third-order valence-electron chi connectivity index (χ3n) is 3.37. The van der Waals surface area contributed by atoms with Crippen LogP contribution in [0.25, 0.3) is 11.5 Å². The summed E-state index contributed by atoms with van der Waals surface area (Å²) in [7, 11) is 0. The molecule has 2 N–H and O–H groups in total. The SMILES string of the molecule is O=C1N[C@H](c2cccnc2)c2c1n[nH]c2-c1ccco1. The van der Waals surface area contributed by atoms with Gasteiger partial charge in [-0.15, -0.1) is 0 Å². The van der Waals surface area contributed by atoms with E-state index in [0.29, 0.717) is 11.5 Å². The molecule has 98 valence electrons. The standard InChI is InChI=1S/C14H10N4O2/c19-14-13-10(11(16-14)8-3-1-5-15-7-8)12(17-18-13)9-4-2-6-20-9/h1-7,11H,(H,16,19)(H,17,18)/t11-/m1/s1. The molecule has 0 radical (unpaired) electrons. The van der Waals surface area contributed by atoms with Crippen molar-refractivity contribution in [3.8, 4) is 11.5 Å². The number of aromatic nitrogens is 3. The fraction of sp³-hybridized carbons (Fsp3) is 0.0714. The van der Waals surface area contributed by atoms with Gasteiger partial charge >= 0.3 is 0 Å². The topological polar surface area (TPSA) is 83.8 Å². The first-order valence-corrected chi connectivity index (χ1v) is 6.17. The third kappa shape index (κ3) is 1.48. The Labute approximate surface area is 113 Å². The first-order valence-electron chi connectivity index (χ1n) is 6.17. The molecule has 3 aromatic rings. The Hall–Kier alpha value is -2.89.